The Balaban J connectivity index is 2.10. The van der Waals surface area contributed by atoms with Crippen molar-refractivity contribution >= 4 is 26.0 Å². The molecule has 2 rings (SSSR count). The van der Waals surface area contributed by atoms with E-state index in [1.165, 1.54) is 0 Å². The highest BCUT2D eigenvalue weighted by Gasteiger charge is 2.13. The molecule has 0 aliphatic heterocycles. The van der Waals surface area contributed by atoms with Crippen LogP contribution >= 0.6 is 15.9 Å². The number of hydrogen-bond donors (Lipinski definition) is 1. The van der Waals surface area contributed by atoms with E-state index in [0.29, 0.717) is 11.0 Å². The van der Waals surface area contributed by atoms with Gasteiger partial charge in [0.2, 0.25) is 10.0 Å². The number of halogens is 1. The monoisotopic (exact) mass is 354 g/mol. The van der Waals surface area contributed by atoms with Gasteiger partial charge >= 0.3 is 0 Å². The molecule has 0 aliphatic carbocycles. The molecule has 0 radical (unpaired) electrons. The molecule has 106 valence electrons. The Morgan fingerprint density at radius 3 is 2.45 bits per heavy atom. The predicted molar refractivity (Wildman–Crippen MR) is 82.1 cm³/mol. The first kappa shape index (κ1) is 15.2. The highest BCUT2D eigenvalue weighted by atomic mass is 79.9. The average molecular weight is 355 g/mol. The van der Waals surface area contributed by atoms with Crippen LogP contribution in [0.2, 0.25) is 0 Å². The molecule has 1 aromatic carbocycles. The minimum atomic E-state index is -3.50. The summed E-state index contributed by atoms with van der Waals surface area (Å²) < 4.78 is 26.8. The molecule has 0 fully saturated rings. The largest absolute Gasteiger partial charge is 0.257 e. The lowest BCUT2D eigenvalue weighted by Gasteiger charge is -2.07. The van der Waals surface area contributed by atoms with Crippen LogP contribution in [0.25, 0.3) is 0 Å². The van der Waals surface area contributed by atoms with Gasteiger partial charge in [0.15, 0.2) is 0 Å². The summed E-state index contributed by atoms with van der Waals surface area (Å²) in [5.74, 6) is 0. The standard InChI is InChI=1S/C14H15BrN2O2S/c1-11-3-2-4-13(17-11)10-16-20(18,19)14-7-5-12(9-15)6-8-14/h2-8,16H,9-10H2,1H3. The van der Waals surface area contributed by atoms with Gasteiger partial charge in [0.1, 0.15) is 0 Å². The lowest BCUT2D eigenvalue weighted by molar-refractivity contribution is 0.580. The van der Waals surface area contributed by atoms with Crippen molar-refractivity contribution in [1.29, 1.82) is 0 Å². The summed E-state index contributed by atoms with van der Waals surface area (Å²) in [6.07, 6.45) is 0. The minimum absolute atomic E-state index is 0.185. The van der Waals surface area contributed by atoms with E-state index in [0.717, 1.165) is 11.3 Å². The highest BCUT2D eigenvalue weighted by Crippen LogP contribution is 2.13. The summed E-state index contributed by atoms with van der Waals surface area (Å²) >= 11 is 3.33. The van der Waals surface area contributed by atoms with Gasteiger partial charge in [-0.3, -0.25) is 4.98 Å². The normalized spacial score (nSPS) is 11.5. The Labute approximate surface area is 127 Å². The maximum absolute atomic E-state index is 12.1. The van der Waals surface area contributed by atoms with Crippen LogP contribution in [0, 0.1) is 6.92 Å². The Hall–Kier alpha value is -1.24. The fourth-order valence-electron chi connectivity index (χ4n) is 1.71. The molecule has 0 saturated carbocycles. The van der Waals surface area contributed by atoms with Gasteiger partial charge in [-0.05, 0) is 36.8 Å². The number of nitrogens with one attached hydrogen (secondary N) is 1. The van der Waals surface area contributed by atoms with Gasteiger partial charge in [0, 0.05) is 11.0 Å². The van der Waals surface area contributed by atoms with E-state index in [1.807, 2.05) is 19.1 Å². The molecule has 0 amide bonds. The van der Waals surface area contributed by atoms with Crippen LogP contribution in [0.5, 0.6) is 0 Å². The molecule has 20 heavy (non-hydrogen) atoms. The summed E-state index contributed by atoms with van der Waals surface area (Å²) in [5.41, 5.74) is 2.60. The van der Waals surface area contributed by atoms with E-state index in [4.69, 9.17) is 0 Å². The molecular weight excluding hydrogens is 340 g/mol. The van der Waals surface area contributed by atoms with Crippen molar-refractivity contribution in [3.8, 4) is 0 Å². The summed E-state index contributed by atoms with van der Waals surface area (Å²) in [5, 5.41) is 0.702. The maximum Gasteiger partial charge on any atom is 0.240 e. The predicted octanol–water partition coefficient (Wildman–Crippen LogP) is 2.76. The molecule has 0 aliphatic rings. The molecular formula is C14H15BrN2O2S. The van der Waals surface area contributed by atoms with Crippen molar-refractivity contribution in [2.45, 2.75) is 23.7 Å². The second kappa shape index (κ2) is 6.47. The van der Waals surface area contributed by atoms with Crippen LogP contribution in [-0.2, 0) is 21.9 Å². The fourth-order valence-corrected chi connectivity index (χ4v) is 3.08. The second-order valence-corrected chi connectivity index (χ2v) is 6.70. The van der Waals surface area contributed by atoms with Gasteiger partial charge in [-0.2, -0.15) is 0 Å². The van der Waals surface area contributed by atoms with Gasteiger partial charge in [-0.1, -0.05) is 34.1 Å². The third kappa shape index (κ3) is 3.88. The Kier molecular flexibility index (Phi) is 4.91. The molecule has 0 unspecified atom stereocenters. The first-order valence-corrected chi connectivity index (χ1v) is 8.69. The van der Waals surface area contributed by atoms with E-state index in [2.05, 4.69) is 25.6 Å². The molecule has 1 N–H and O–H groups in total. The van der Waals surface area contributed by atoms with E-state index >= 15 is 0 Å². The minimum Gasteiger partial charge on any atom is -0.257 e. The van der Waals surface area contributed by atoms with Crippen LogP contribution in [0.3, 0.4) is 0 Å². The number of benzene rings is 1. The SMILES string of the molecule is Cc1cccc(CNS(=O)(=O)c2ccc(CBr)cc2)n1. The van der Waals surface area contributed by atoms with Crippen LogP contribution in [0.1, 0.15) is 17.0 Å². The summed E-state index contributed by atoms with van der Waals surface area (Å²) in [4.78, 5) is 4.52. The molecule has 0 saturated heterocycles. The highest BCUT2D eigenvalue weighted by molar-refractivity contribution is 9.08. The van der Waals surface area contributed by atoms with Gasteiger partial charge in [-0.25, -0.2) is 13.1 Å². The number of hydrogen-bond acceptors (Lipinski definition) is 3. The van der Waals surface area contributed by atoms with Gasteiger partial charge < -0.3 is 0 Å². The number of aryl methyl sites for hydroxylation is 1. The van der Waals surface area contributed by atoms with E-state index in [-0.39, 0.29) is 11.4 Å². The second-order valence-electron chi connectivity index (χ2n) is 4.37. The lowest BCUT2D eigenvalue weighted by Crippen LogP contribution is -2.23. The van der Waals surface area contributed by atoms with Gasteiger partial charge in [0.25, 0.3) is 0 Å². The smallest absolute Gasteiger partial charge is 0.240 e. The Bertz CT molecular complexity index is 685. The quantitative estimate of drug-likeness (QED) is 0.839. The molecule has 1 heterocycles. The third-order valence-corrected chi connectivity index (χ3v) is 4.84. The van der Waals surface area contributed by atoms with E-state index < -0.39 is 10.0 Å². The maximum atomic E-state index is 12.1. The van der Waals surface area contributed by atoms with Gasteiger partial charge in [0.05, 0.1) is 17.1 Å². The van der Waals surface area contributed by atoms with Crippen LogP contribution in [0.4, 0.5) is 0 Å². The van der Waals surface area contributed by atoms with Crippen molar-refractivity contribution in [2.75, 3.05) is 0 Å². The van der Waals surface area contributed by atoms with Crippen molar-refractivity contribution in [1.82, 2.24) is 9.71 Å². The van der Waals surface area contributed by atoms with Crippen LogP contribution < -0.4 is 4.72 Å². The number of aromatic nitrogens is 1. The zero-order chi connectivity index (χ0) is 14.6. The van der Waals surface area contributed by atoms with Crippen molar-refractivity contribution in [3.63, 3.8) is 0 Å². The van der Waals surface area contributed by atoms with E-state index in [9.17, 15) is 8.42 Å². The average Bonchev–Trinajstić information content (AvgIpc) is 2.45. The van der Waals surface area contributed by atoms with Crippen LogP contribution in [0.15, 0.2) is 47.4 Å². The van der Waals surface area contributed by atoms with E-state index in [1.54, 1.807) is 30.3 Å². The molecule has 0 atom stereocenters. The molecule has 1 aromatic heterocycles. The van der Waals surface area contributed by atoms with Crippen molar-refractivity contribution in [3.05, 3.63) is 59.4 Å². The van der Waals surface area contributed by atoms with Crippen molar-refractivity contribution < 1.29 is 8.42 Å². The van der Waals surface area contributed by atoms with Crippen LogP contribution in [-0.4, -0.2) is 13.4 Å². The zero-order valence-corrected chi connectivity index (χ0v) is 13.4. The molecule has 6 heteroatoms. The number of sulfonamides is 1. The number of nitrogens with zero attached hydrogens (tertiary/aromatic N) is 1. The molecule has 4 nitrogen and oxygen atoms in total. The number of rotatable bonds is 5. The lowest BCUT2D eigenvalue weighted by atomic mass is 10.2. The van der Waals surface area contributed by atoms with Gasteiger partial charge in [-0.15, -0.1) is 0 Å². The topological polar surface area (TPSA) is 59.1 Å². The molecule has 2 aromatic rings. The first-order valence-electron chi connectivity index (χ1n) is 6.08. The third-order valence-electron chi connectivity index (χ3n) is 2.78. The fraction of sp³-hybridized carbons (Fsp3) is 0.214. The first-order chi connectivity index (χ1) is 9.51. The zero-order valence-electron chi connectivity index (χ0n) is 11.0. The Morgan fingerprint density at radius 2 is 1.85 bits per heavy atom. The molecule has 0 bridgehead atoms. The summed E-state index contributed by atoms with van der Waals surface area (Å²) in [6, 6.07) is 12.3. The van der Waals surface area contributed by atoms with Crippen molar-refractivity contribution in [2.24, 2.45) is 0 Å². The summed E-state index contributed by atoms with van der Waals surface area (Å²) in [7, 11) is -3.50. The number of pyridine rings is 1. The summed E-state index contributed by atoms with van der Waals surface area (Å²) in [6.45, 7) is 2.06. The number of alkyl halides is 1. The molecule has 0 spiro atoms. The Morgan fingerprint density at radius 1 is 1.15 bits per heavy atom.